The van der Waals surface area contributed by atoms with Gasteiger partial charge in [-0.2, -0.15) is 0 Å². The molecular formula is C21H25N3O6. The summed E-state index contributed by atoms with van der Waals surface area (Å²) in [4.78, 5) is 33.4. The molecule has 1 aliphatic rings. The number of aliphatic carboxylic acids is 2. The Morgan fingerprint density at radius 1 is 0.833 bits per heavy atom. The van der Waals surface area contributed by atoms with E-state index < -0.39 is 11.9 Å². The first-order valence-corrected chi connectivity index (χ1v) is 9.44. The van der Waals surface area contributed by atoms with Crippen molar-refractivity contribution in [2.75, 3.05) is 26.2 Å². The third-order valence-corrected chi connectivity index (χ3v) is 4.73. The number of carboxylic acids is 2. The van der Waals surface area contributed by atoms with Crippen LogP contribution in [0.15, 0.2) is 48.5 Å². The highest BCUT2D eigenvalue weighted by Crippen LogP contribution is 2.15. The van der Waals surface area contributed by atoms with Crippen molar-refractivity contribution in [2.24, 2.45) is 0 Å². The predicted molar refractivity (Wildman–Crippen MR) is 110 cm³/mol. The summed E-state index contributed by atoms with van der Waals surface area (Å²) in [6.45, 7) is 8.15. The van der Waals surface area contributed by atoms with E-state index in [2.05, 4.69) is 41.0 Å². The summed E-state index contributed by atoms with van der Waals surface area (Å²) in [6.07, 6.45) is 0. The van der Waals surface area contributed by atoms with Crippen molar-refractivity contribution in [2.45, 2.75) is 20.0 Å². The monoisotopic (exact) mass is 415 g/mol. The molecule has 0 amide bonds. The maximum absolute atomic E-state index is 10.7. The molecule has 1 saturated heterocycles. The fraction of sp³-hybridized carbons (Fsp3) is 0.333. The number of aryl methyl sites for hydroxylation is 1. The van der Waals surface area contributed by atoms with Gasteiger partial charge in [0.15, 0.2) is 0 Å². The minimum atomic E-state index is -1.82. The first-order valence-electron chi connectivity index (χ1n) is 9.44. The van der Waals surface area contributed by atoms with E-state index in [4.69, 9.17) is 19.8 Å². The van der Waals surface area contributed by atoms with Crippen molar-refractivity contribution >= 4 is 17.6 Å². The molecule has 0 aliphatic carbocycles. The van der Waals surface area contributed by atoms with Gasteiger partial charge >= 0.3 is 11.9 Å². The minimum absolute atomic E-state index is 0.154. The number of carboxylic acid groups (broad SMARTS) is 2. The van der Waals surface area contributed by atoms with Gasteiger partial charge in [-0.05, 0) is 18.1 Å². The van der Waals surface area contributed by atoms with Crippen molar-refractivity contribution in [3.63, 3.8) is 0 Å². The topological polar surface area (TPSA) is 124 Å². The number of nitrogens with zero attached hydrogens (tertiary/aromatic N) is 3. The van der Waals surface area contributed by atoms with E-state index in [9.17, 15) is 10.1 Å². The molecule has 1 fully saturated rings. The number of carbonyl (C=O) groups is 2. The van der Waals surface area contributed by atoms with Crippen LogP contribution in [0.5, 0.6) is 0 Å². The zero-order valence-electron chi connectivity index (χ0n) is 16.7. The fourth-order valence-corrected chi connectivity index (χ4v) is 3.04. The Hall–Kier alpha value is -3.30. The van der Waals surface area contributed by atoms with Crippen LogP contribution in [0.2, 0.25) is 0 Å². The largest absolute Gasteiger partial charge is 0.473 e. The molecule has 0 bridgehead atoms. The number of benzene rings is 2. The molecule has 9 nitrogen and oxygen atoms in total. The molecule has 0 saturated carbocycles. The third-order valence-electron chi connectivity index (χ3n) is 4.73. The summed E-state index contributed by atoms with van der Waals surface area (Å²) in [5.74, 6) is -3.65. The molecule has 0 atom stereocenters. The number of rotatable bonds is 5. The molecule has 0 aromatic heterocycles. The molecule has 30 heavy (non-hydrogen) atoms. The minimum Gasteiger partial charge on any atom is -0.473 e. The standard InChI is InChI=1S/C19H23N3O2.C2H2O4/c1-16-2-4-17(5-3-16)14-20-10-12-21(13-11-20)15-18-6-8-19(9-7-18)22(23)24;3-1(4)2(5)6/h2-9H,10-15H2,1H3;(H,3,4)(H,5,6). The van der Waals surface area contributed by atoms with Crippen molar-refractivity contribution in [1.82, 2.24) is 9.80 Å². The highest BCUT2D eigenvalue weighted by Gasteiger charge is 2.17. The first-order chi connectivity index (χ1) is 14.2. The Labute approximate surface area is 174 Å². The number of nitro benzene ring substituents is 1. The molecule has 2 N–H and O–H groups in total. The molecule has 0 spiro atoms. The zero-order valence-corrected chi connectivity index (χ0v) is 16.7. The summed E-state index contributed by atoms with van der Waals surface area (Å²) in [7, 11) is 0. The van der Waals surface area contributed by atoms with Crippen LogP contribution in [-0.2, 0) is 22.7 Å². The van der Waals surface area contributed by atoms with E-state index in [1.165, 1.54) is 11.1 Å². The van der Waals surface area contributed by atoms with Crippen LogP contribution < -0.4 is 0 Å². The maximum Gasteiger partial charge on any atom is 0.414 e. The molecule has 2 aromatic rings. The van der Waals surface area contributed by atoms with Crippen LogP contribution in [0, 0.1) is 17.0 Å². The average Bonchev–Trinajstić information content (AvgIpc) is 2.72. The lowest BCUT2D eigenvalue weighted by atomic mass is 10.1. The smallest absolute Gasteiger partial charge is 0.414 e. The SMILES string of the molecule is Cc1ccc(CN2CCN(Cc3ccc([N+](=O)[O-])cc3)CC2)cc1.O=C(O)C(=O)O. The van der Waals surface area contributed by atoms with Crippen molar-refractivity contribution in [3.8, 4) is 0 Å². The Kier molecular flexibility index (Phi) is 8.45. The highest BCUT2D eigenvalue weighted by atomic mass is 16.6. The second-order valence-electron chi connectivity index (χ2n) is 7.07. The van der Waals surface area contributed by atoms with E-state index in [0.29, 0.717) is 0 Å². The van der Waals surface area contributed by atoms with Crippen molar-refractivity contribution < 1.29 is 24.7 Å². The second-order valence-corrected chi connectivity index (χ2v) is 7.07. The molecule has 1 heterocycles. The Morgan fingerprint density at radius 2 is 1.20 bits per heavy atom. The molecule has 2 aromatic carbocycles. The molecule has 9 heteroatoms. The van der Waals surface area contributed by atoms with Gasteiger partial charge in [0.1, 0.15) is 0 Å². The average molecular weight is 415 g/mol. The van der Waals surface area contributed by atoms with E-state index in [1.54, 1.807) is 12.1 Å². The van der Waals surface area contributed by atoms with E-state index in [0.717, 1.165) is 44.8 Å². The lowest BCUT2D eigenvalue weighted by molar-refractivity contribution is -0.384. The van der Waals surface area contributed by atoms with Gasteiger partial charge in [-0.3, -0.25) is 19.9 Å². The molecule has 1 aliphatic heterocycles. The molecular weight excluding hydrogens is 390 g/mol. The molecule has 3 rings (SSSR count). The molecule has 160 valence electrons. The lowest BCUT2D eigenvalue weighted by Crippen LogP contribution is -2.45. The Morgan fingerprint density at radius 3 is 1.53 bits per heavy atom. The number of hydrogen-bond acceptors (Lipinski definition) is 6. The van der Waals surface area contributed by atoms with Crippen molar-refractivity contribution in [3.05, 3.63) is 75.3 Å². The molecule has 0 radical (unpaired) electrons. The predicted octanol–water partition coefficient (Wildman–Crippen LogP) is 2.38. The summed E-state index contributed by atoms with van der Waals surface area (Å²) in [5.41, 5.74) is 3.95. The number of nitro groups is 1. The van der Waals surface area contributed by atoms with E-state index in [-0.39, 0.29) is 10.6 Å². The summed E-state index contributed by atoms with van der Waals surface area (Å²) < 4.78 is 0. The van der Waals surface area contributed by atoms with E-state index in [1.807, 2.05) is 12.1 Å². The highest BCUT2D eigenvalue weighted by molar-refractivity contribution is 6.27. The van der Waals surface area contributed by atoms with Gasteiger partial charge in [0.2, 0.25) is 0 Å². The normalized spacial score (nSPS) is 14.4. The van der Waals surface area contributed by atoms with Crippen LogP contribution >= 0.6 is 0 Å². The summed E-state index contributed by atoms with van der Waals surface area (Å²) in [6, 6.07) is 15.6. The summed E-state index contributed by atoms with van der Waals surface area (Å²) >= 11 is 0. The fourth-order valence-electron chi connectivity index (χ4n) is 3.04. The van der Waals surface area contributed by atoms with Crippen molar-refractivity contribution in [1.29, 1.82) is 0 Å². The number of non-ortho nitro benzene ring substituents is 1. The van der Waals surface area contributed by atoms with Gasteiger partial charge in [0, 0.05) is 51.4 Å². The zero-order chi connectivity index (χ0) is 22.1. The second kappa shape index (κ2) is 11.0. The number of hydrogen-bond donors (Lipinski definition) is 2. The van der Waals surface area contributed by atoms with Gasteiger partial charge in [-0.1, -0.05) is 42.0 Å². The van der Waals surface area contributed by atoms with Crippen LogP contribution in [0.4, 0.5) is 5.69 Å². The van der Waals surface area contributed by atoms with Gasteiger partial charge in [-0.15, -0.1) is 0 Å². The number of piperazine rings is 1. The maximum atomic E-state index is 10.7. The quantitative estimate of drug-likeness (QED) is 0.433. The van der Waals surface area contributed by atoms with E-state index >= 15 is 0 Å². The van der Waals surface area contributed by atoms with Crippen LogP contribution in [0.1, 0.15) is 16.7 Å². The Bertz CT molecular complexity index is 847. The van der Waals surface area contributed by atoms with Gasteiger partial charge in [0.25, 0.3) is 5.69 Å². The third kappa shape index (κ3) is 7.61. The Balaban J connectivity index is 0.000000469. The molecule has 0 unspecified atom stereocenters. The van der Waals surface area contributed by atoms with Gasteiger partial charge < -0.3 is 10.2 Å². The first kappa shape index (κ1) is 23.0. The lowest BCUT2D eigenvalue weighted by Gasteiger charge is -2.34. The summed E-state index contributed by atoms with van der Waals surface area (Å²) in [5, 5.41) is 25.5. The van der Waals surface area contributed by atoms with Gasteiger partial charge in [0.05, 0.1) is 4.92 Å². The van der Waals surface area contributed by atoms with Crippen LogP contribution in [-0.4, -0.2) is 63.1 Å². The van der Waals surface area contributed by atoms with Crippen LogP contribution in [0.3, 0.4) is 0 Å². The van der Waals surface area contributed by atoms with Gasteiger partial charge in [-0.25, -0.2) is 9.59 Å². The van der Waals surface area contributed by atoms with Crippen LogP contribution in [0.25, 0.3) is 0 Å².